The molecule has 1 heterocycles. The van der Waals surface area contributed by atoms with Gasteiger partial charge >= 0.3 is 16.1 Å². The summed E-state index contributed by atoms with van der Waals surface area (Å²) in [5.74, 6) is -0.662. The topological polar surface area (TPSA) is 60.4 Å². The molecule has 1 saturated heterocycles. The van der Waals surface area contributed by atoms with E-state index in [0.717, 1.165) is 0 Å². The average molecular weight is 136 g/mol. The van der Waals surface area contributed by atoms with Gasteiger partial charge in [-0.3, -0.25) is 0 Å². The Bertz CT molecular complexity index is 213. The van der Waals surface area contributed by atoms with Crippen LogP contribution in [0, 0.1) is 0 Å². The van der Waals surface area contributed by atoms with Gasteiger partial charge in [0, 0.05) is 0 Å². The van der Waals surface area contributed by atoms with Crippen LogP contribution in [-0.4, -0.2) is 19.6 Å². The van der Waals surface area contributed by atoms with Crippen molar-refractivity contribution in [2.75, 3.05) is 0 Å². The smallest absolute Gasteiger partial charge is 0.343 e. The van der Waals surface area contributed by atoms with Gasteiger partial charge in [-0.25, -0.2) is 4.79 Å². The van der Waals surface area contributed by atoms with E-state index in [1.54, 1.807) is 0 Å². The van der Waals surface area contributed by atoms with E-state index in [1.807, 2.05) is 0 Å². The SMILES string of the molecule is CC1C(=O)OS1(=O)=O. The van der Waals surface area contributed by atoms with Gasteiger partial charge in [0.2, 0.25) is 0 Å². The van der Waals surface area contributed by atoms with Crippen LogP contribution < -0.4 is 0 Å². The van der Waals surface area contributed by atoms with E-state index in [9.17, 15) is 13.2 Å². The molecule has 1 fully saturated rings. The largest absolute Gasteiger partial charge is 0.343 e. The van der Waals surface area contributed by atoms with Gasteiger partial charge in [0.1, 0.15) is 0 Å². The van der Waals surface area contributed by atoms with Crippen molar-refractivity contribution in [1.29, 1.82) is 0 Å². The number of hydrogen-bond donors (Lipinski definition) is 0. The molecule has 0 aliphatic carbocycles. The fourth-order valence-electron chi connectivity index (χ4n) is 0.329. The van der Waals surface area contributed by atoms with Gasteiger partial charge in [-0.05, 0) is 6.92 Å². The summed E-state index contributed by atoms with van der Waals surface area (Å²) in [5.41, 5.74) is 0. The molecule has 4 nitrogen and oxygen atoms in total. The Morgan fingerprint density at radius 2 is 2.12 bits per heavy atom. The summed E-state index contributed by atoms with van der Waals surface area (Å²) in [5, 5.41) is -0.942. The van der Waals surface area contributed by atoms with Crippen LogP contribution in [0.5, 0.6) is 0 Å². The van der Waals surface area contributed by atoms with Crippen molar-refractivity contribution in [3.05, 3.63) is 0 Å². The van der Waals surface area contributed by atoms with Gasteiger partial charge in [0.05, 0.1) is 0 Å². The third kappa shape index (κ3) is 0.509. The molecule has 5 heteroatoms. The molecule has 0 saturated carbocycles. The molecule has 0 amide bonds. The maximum absolute atomic E-state index is 10.2. The summed E-state index contributed by atoms with van der Waals surface area (Å²) in [7, 11) is -3.46. The standard InChI is InChI=1S/C3H4O4S/c1-2-3(4)7-8(2,5)6/h2H,1H3. The van der Waals surface area contributed by atoms with Crippen LogP contribution in [0.3, 0.4) is 0 Å². The molecule has 0 aromatic carbocycles. The lowest BCUT2D eigenvalue weighted by Gasteiger charge is -2.18. The molecule has 0 radical (unpaired) electrons. The highest BCUT2D eigenvalue weighted by atomic mass is 32.2. The molecule has 1 aliphatic rings. The van der Waals surface area contributed by atoms with Crippen molar-refractivity contribution in [2.24, 2.45) is 0 Å². The van der Waals surface area contributed by atoms with Gasteiger partial charge in [0.25, 0.3) is 0 Å². The van der Waals surface area contributed by atoms with Crippen molar-refractivity contribution in [2.45, 2.75) is 12.2 Å². The van der Waals surface area contributed by atoms with Crippen LogP contribution in [0.1, 0.15) is 6.92 Å². The predicted octanol–water partition coefficient (Wildman–Crippen LogP) is -0.738. The Morgan fingerprint density at radius 1 is 1.62 bits per heavy atom. The van der Waals surface area contributed by atoms with Gasteiger partial charge in [-0.1, -0.05) is 0 Å². The minimum atomic E-state index is -3.46. The monoisotopic (exact) mass is 136 g/mol. The zero-order chi connectivity index (χ0) is 6.36. The van der Waals surface area contributed by atoms with Crippen molar-refractivity contribution >= 4 is 16.1 Å². The summed E-state index contributed by atoms with van der Waals surface area (Å²) in [6.45, 7) is 1.29. The van der Waals surface area contributed by atoms with Gasteiger partial charge in [-0.15, -0.1) is 0 Å². The Balaban J connectivity index is 2.91. The maximum Gasteiger partial charge on any atom is 0.343 e. The summed E-state index contributed by atoms with van der Waals surface area (Å²) in [6, 6.07) is 0. The number of carbonyl (C=O) groups excluding carboxylic acids is 1. The fourth-order valence-corrected chi connectivity index (χ4v) is 0.988. The maximum atomic E-state index is 10.2. The molecular formula is C3H4O4S. The normalized spacial score (nSPS) is 33.1. The minimum Gasteiger partial charge on any atom is -0.343 e. The number of rotatable bonds is 0. The highest BCUT2D eigenvalue weighted by Gasteiger charge is 2.44. The first-order valence-electron chi connectivity index (χ1n) is 2.01. The molecular weight excluding hydrogens is 132 g/mol. The van der Waals surface area contributed by atoms with Crippen molar-refractivity contribution in [3.63, 3.8) is 0 Å². The van der Waals surface area contributed by atoms with Gasteiger partial charge < -0.3 is 4.18 Å². The third-order valence-corrected chi connectivity index (χ3v) is 2.42. The van der Waals surface area contributed by atoms with Gasteiger partial charge in [0.15, 0.2) is 5.25 Å². The molecule has 0 aromatic heterocycles. The summed E-state index contributed by atoms with van der Waals surface area (Å²) < 4.78 is 24.1. The number of carbonyl (C=O) groups is 1. The van der Waals surface area contributed by atoms with Gasteiger partial charge in [-0.2, -0.15) is 8.42 Å². The van der Waals surface area contributed by atoms with Crippen molar-refractivity contribution in [1.82, 2.24) is 0 Å². The zero-order valence-electron chi connectivity index (χ0n) is 4.12. The molecule has 0 N–H and O–H groups in total. The summed E-state index contributed by atoms with van der Waals surface area (Å²) in [4.78, 5) is 10.0. The molecule has 46 valence electrons. The average Bonchev–Trinajstić information content (AvgIpc) is 1.65. The van der Waals surface area contributed by atoms with Crippen molar-refractivity contribution in [3.8, 4) is 0 Å². The molecule has 1 atom stereocenters. The van der Waals surface area contributed by atoms with Crippen molar-refractivity contribution < 1.29 is 17.4 Å². The first kappa shape index (κ1) is 5.55. The summed E-state index contributed by atoms with van der Waals surface area (Å²) >= 11 is 0. The quantitative estimate of drug-likeness (QED) is 0.411. The van der Waals surface area contributed by atoms with E-state index in [4.69, 9.17) is 0 Å². The van der Waals surface area contributed by atoms with E-state index in [-0.39, 0.29) is 0 Å². The van der Waals surface area contributed by atoms with E-state index in [1.165, 1.54) is 6.92 Å². The first-order chi connectivity index (χ1) is 3.54. The lowest BCUT2D eigenvalue weighted by atomic mass is 10.5. The van der Waals surface area contributed by atoms with E-state index < -0.39 is 21.3 Å². The van der Waals surface area contributed by atoms with Crippen LogP contribution in [0.2, 0.25) is 0 Å². The first-order valence-corrected chi connectivity index (χ1v) is 3.48. The fraction of sp³-hybridized carbons (Fsp3) is 0.667. The second kappa shape index (κ2) is 1.22. The minimum absolute atomic E-state index is 0.662. The van der Waals surface area contributed by atoms with Crippen LogP contribution in [0.4, 0.5) is 0 Å². The molecule has 1 rings (SSSR count). The van der Waals surface area contributed by atoms with Crippen LogP contribution in [0.25, 0.3) is 0 Å². The molecule has 1 aliphatic heterocycles. The molecule has 0 aromatic rings. The Labute approximate surface area is 46.6 Å². The highest BCUT2D eigenvalue weighted by Crippen LogP contribution is 2.16. The van der Waals surface area contributed by atoms with Crippen LogP contribution in [-0.2, 0) is 19.1 Å². The number of hydrogen-bond acceptors (Lipinski definition) is 4. The molecule has 0 spiro atoms. The van der Waals surface area contributed by atoms with E-state index in [2.05, 4.69) is 4.18 Å². The highest BCUT2D eigenvalue weighted by molar-refractivity contribution is 7.90. The van der Waals surface area contributed by atoms with E-state index in [0.29, 0.717) is 0 Å². The lowest BCUT2D eigenvalue weighted by Crippen LogP contribution is -2.43. The molecule has 1 unspecified atom stereocenters. The predicted molar refractivity (Wildman–Crippen MR) is 24.5 cm³/mol. The Hall–Kier alpha value is -0.580. The lowest BCUT2D eigenvalue weighted by molar-refractivity contribution is -0.137. The second-order valence-electron chi connectivity index (χ2n) is 1.54. The Kier molecular flexibility index (Phi) is 0.849. The second-order valence-corrected chi connectivity index (χ2v) is 3.40. The van der Waals surface area contributed by atoms with Crippen LogP contribution >= 0.6 is 0 Å². The van der Waals surface area contributed by atoms with E-state index >= 15 is 0 Å². The van der Waals surface area contributed by atoms with Crippen LogP contribution in [0.15, 0.2) is 0 Å². The third-order valence-electron chi connectivity index (χ3n) is 0.963. The summed E-state index contributed by atoms with van der Waals surface area (Å²) in [6.07, 6.45) is 0. The zero-order valence-corrected chi connectivity index (χ0v) is 4.94. The Morgan fingerprint density at radius 3 is 2.12 bits per heavy atom. The molecule has 8 heavy (non-hydrogen) atoms. The molecule has 0 bridgehead atoms.